The molecule has 2 amide bonds. The Labute approximate surface area is 199 Å². The lowest BCUT2D eigenvalue weighted by Gasteiger charge is -2.32. The number of rotatable bonds is 8. The van der Waals surface area contributed by atoms with E-state index in [9.17, 15) is 14.4 Å². The largest absolute Gasteiger partial charge is 0.465 e. The molecule has 3 heterocycles. The van der Waals surface area contributed by atoms with Gasteiger partial charge in [0.25, 0.3) is 5.91 Å². The van der Waals surface area contributed by atoms with Gasteiger partial charge in [-0.2, -0.15) is 0 Å². The van der Waals surface area contributed by atoms with Crippen LogP contribution in [0.4, 0.5) is 5.69 Å². The second-order valence-corrected chi connectivity index (χ2v) is 8.45. The SMILES string of the molecule is CCOC(=O)[C@H](CNC(=O)CN1CCc2ccc(N3CCNCC3)cc2C1=O)c1cccnc1. The lowest BCUT2D eigenvalue weighted by Crippen LogP contribution is -2.46. The predicted octanol–water partition coefficient (Wildman–Crippen LogP) is 0.953. The fourth-order valence-electron chi connectivity index (χ4n) is 4.39. The molecule has 1 fully saturated rings. The van der Waals surface area contributed by atoms with Crippen molar-refractivity contribution in [2.75, 3.05) is 57.3 Å². The fourth-order valence-corrected chi connectivity index (χ4v) is 4.39. The van der Waals surface area contributed by atoms with Crippen molar-refractivity contribution < 1.29 is 19.1 Å². The Morgan fingerprint density at radius 1 is 1.21 bits per heavy atom. The number of carbonyl (C=O) groups is 3. The Morgan fingerprint density at radius 3 is 2.76 bits per heavy atom. The molecule has 0 unspecified atom stereocenters. The number of carbonyl (C=O) groups excluding carboxylic acids is 3. The highest BCUT2D eigenvalue weighted by atomic mass is 16.5. The molecule has 2 aliphatic rings. The van der Waals surface area contributed by atoms with Gasteiger partial charge in [0.05, 0.1) is 13.2 Å². The lowest BCUT2D eigenvalue weighted by molar-refractivity contribution is -0.144. The number of fused-ring (bicyclic) bond motifs is 1. The van der Waals surface area contributed by atoms with E-state index in [-0.39, 0.29) is 31.5 Å². The minimum Gasteiger partial charge on any atom is -0.465 e. The summed E-state index contributed by atoms with van der Waals surface area (Å²) in [5.41, 5.74) is 3.38. The molecular formula is C25H31N5O4. The molecule has 9 nitrogen and oxygen atoms in total. The lowest BCUT2D eigenvalue weighted by atomic mass is 9.97. The van der Waals surface area contributed by atoms with Crippen LogP contribution >= 0.6 is 0 Å². The van der Waals surface area contributed by atoms with Gasteiger partial charge in [-0.1, -0.05) is 12.1 Å². The summed E-state index contributed by atoms with van der Waals surface area (Å²) in [4.78, 5) is 46.2. The average molecular weight is 466 g/mol. The topological polar surface area (TPSA) is 104 Å². The van der Waals surface area contributed by atoms with Crippen molar-refractivity contribution in [2.24, 2.45) is 0 Å². The molecule has 0 bridgehead atoms. The molecule has 0 saturated carbocycles. The van der Waals surface area contributed by atoms with Crippen molar-refractivity contribution in [3.8, 4) is 0 Å². The van der Waals surface area contributed by atoms with Gasteiger partial charge >= 0.3 is 5.97 Å². The number of amides is 2. The zero-order valence-electron chi connectivity index (χ0n) is 19.5. The molecule has 180 valence electrons. The van der Waals surface area contributed by atoms with Crippen molar-refractivity contribution in [1.29, 1.82) is 0 Å². The number of anilines is 1. The number of hydrogen-bond acceptors (Lipinski definition) is 7. The van der Waals surface area contributed by atoms with Crippen LogP contribution in [-0.4, -0.2) is 80.1 Å². The minimum atomic E-state index is -0.656. The van der Waals surface area contributed by atoms with Gasteiger partial charge in [0.1, 0.15) is 5.92 Å². The zero-order chi connectivity index (χ0) is 23.9. The third-order valence-electron chi connectivity index (χ3n) is 6.24. The van der Waals surface area contributed by atoms with Crippen LogP contribution in [0.3, 0.4) is 0 Å². The van der Waals surface area contributed by atoms with Crippen LogP contribution in [0.25, 0.3) is 0 Å². The molecule has 1 atom stereocenters. The Kier molecular flexibility index (Phi) is 7.74. The third kappa shape index (κ3) is 5.53. The van der Waals surface area contributed by atoms with E-state index in [4.69, 9.17) is 4.74 Å². The van der Waals surface area contributed by atoms with Crippen LogP contribution in [0, 0.1) is 0 Å². The van der Waals surface area contributed by atoms with E-state index in [2.05, 4.69) is 26.6 Å². The van der Waals surface area contributed by atoms with Crippen molar-refractivity contribution in [3.63, 3.8) is 0 Å². The number of ether oxygens (including phenoxy) is 1. The number of nitrogens with zero attached hydrogens (tertiary/aromatic N) is 3. The van der Waals surface area contributed by atoms with Crippen LogP contribution in [-0.2, 0) is 20.7 Å². The molecule has 1 aromatic carbocycles. The smallest absolute Gasteiger partial charge is 0.315 e. The minimum absolute atomic E-state index is 0.0568. The van der Waals surface area contributed by atoms with Crippen molar-refractivity contribution in [1.82, 2.24) is 20.5 Å². The highest BCUT2D eigenvalue weighted by molar-refractivity contribution is 5.99. The third-order valence-corrected chi connectivity index (χ3v) is 6.24. The van der Waals surface area contributed by atoms with Crippen molar-refractivity contribution in [3.05, 3.63) is 59.4 Å². The van der Waals surface area contributed by atoms with E-state index >= 15 is 0 Å². The van der Waals surface area contributed by atoms with Crippen LogP contribution in [0.2, 0.25) is 0 Å². The van der Waals surface area contributed by atoms with Gasteiger partial charge in [0.15, 0.2) is 0 Å². The van der Waals surface area contributed by atoms with Gasteiger partial charge in [0.2, 0.25) is 5.91 Å². The molecule has 2 aliphatic heterocycles. The number of piperazine rings is 1. The number of hydrogen-bond donors (Lipinski definition) is 2. The molecule has 4 rings (SSSR count). The van der Waals surface area contributed by atoms with Gasteiger partial charge < -0.3 is 25.2 Å². The van der Waals surface area contributed by atoms with Crippen LogP contribution in [0.1, 0.15) is 34.3 Å². The summed E-state index contributed by atoms with van der Waals surface area (Å²) < 4.78 is 5.17. The summed E-state index contributed by atoms with van der Waals surface area (Å²) in [6.07, 6.45) is 3.92. The summed E-state index contributed by atoms with van der Waals surface area (Å²) >= 11 is 0. The van der Waals surface area contributed by atoms with Crippen molar-refractivity contribution in [2.45, 2.75) is 19.3 Å². The normalized spacial score (nSPS) is 16.6. The first-order valence-corrected chi connectivity index (χ1v) is 11.8. The maximum Gasteiger partial charge on any atom is 0.315 e. The number of aromatic nitrogens is 1. The highest BCUT2D eigenvalue weighted by Gasteiger charge is 2.28. The second-order valence-electron chi connectivity index (χ2n) is 8.45. The second kappa shape index (κ2) is 11.1. The predicted molar refractivity (Wildman–Crippen MR) is 128 cm³/mol. The number of nitrogens with one attached hydrogen (secondary N) is 2. The summed E-state index contributed by atoms with van der Waals surface area (Å²) in [5, 5.41) is 6.13. The van der Waals surface area contributed by atoms with Gasteiger partial charge in [-0.05, 0) is 42.7 Å². The van der Waals surface area contributed by atoms with Crippen LogP contribution < -0.4 is 15.5 Å². The summed E-state index contributed by atoms with van der Waals surface area (Å²) in [5.74, 6) is -1.52. The summed E-state index contributed by atoms with van der Waals surface area (Å²) in [6, 6.07) is 9.57. The van der Waals surface area contributed by atoms with Crippen LogP contribution in [0.5, 0.6) is 0 Å². The molecule has 34 heavy (non-hydrogen) atoms. The Morgan fingerprint density at radius 2 is 2.03 bits per heavy atom. The maximum absolute atomic E-state index is 13.2. The number of pyridine rings is 1. The number of benzene rings is 1. The van der Waals surface area contributed by atoms with E-state index in [1.54, 1.807) is 36.4 Å². The van der Waals surface area contributed by atoms with E-state index in [1.165, 1.54) is 0 Å². The standard InChI is InChI=1S/C25H31N5O4/c1-2-34-25(33)22(19-4-3-8-27-15-19)16-28-23(31)17-30-11-7-18-5-6-20(14-21(18)24(30)32)29-12-9-26-10-13-29/h3-6,8,14-15,22,26H,2,7,9-13,16-17H2,1H3,(H,28,31)/t22-/m1/s1. The average Bonchev–Trinajstić information content (AvgIpc) is 2.87. The first kappa shape index (κ1) is 23.7. The van der Waals surface area contributed by atoms with Gasteiger partial charge in [-0.3, -0.25) is 19.4 Å². The van der Waals surface area contributed by atoms with Crippen molar-refractivity contribution >= 4 is 23.5 Å². The molecule has 9 heteroatoms. The summed E-state index contributed by atoms with van der Waals surface area (Å²) in [6.45, 7) is 6.14. The summed E-state index contributed by atoms with van der Waals surface area (Å²) in [7, 11) is 0. The molecule has 1 saturated heterocycles. The quantitative estimate of drug-likeness (QED) is 0.560. The highest BCUT2D eigenvalue weighted by Crippen LogP contribution is 2.25. The van der Waals surface area contributed by atoms with Crippen LogP contribution in [0.15, 0.2) is 42.7 Å². The van der Waals surface area contributed by atoms with E-state index in [0.717, 1.165) is 37.4 Å². The molecule has 0 spiro atoms. The molecular weight excluding hydrogens is 434 g/mol. The van der Waals surface area contributed by atoms with Gasteiger partial charge in [0, 0.05) is 62.9 Å². The zero-order valence-corrected chi connectivity index (χ0v) is 19.5. The molecule has 1 aromatic heterocycles. The Balaban J connectivity index is 1.39. The Hall–Kier alpha value is -3.46. The van der Waals surface area contributed by atoms with E-state index in [1.807, 2.05) is 12.1 Å². The van der Waals surface area contributed by atoms with E-state index in [0.29, 0.717) is 24.1 Å². The molecule has 0 radical (unpaired) electrons. The van der Waals surface area contributed by atoms with Gasteiger partial charge in [-0.15, -0.1) is 0 Å². The number of esters is 1. The molecule has 2 N–H and O–H groups in total. The maximum atomic E-state index is 13.2. The monoisotopic (exact) mass is 465 g/mol. The van der Waals surface area contributed by atoms with Gasteiger partial charge in [-0.25, -0.2) is 0 Å². The first-order valence-electron chi connectivity index (χ1n) is 11.8. The van der Waals surface area contributed by atoms with E-state index < -0.39 is 11.9 Å². The molecule has 2 aromatic rings. The first-order chi connectivity index (χ1) is 16.6. The Bertz CT molecular complexity index is 1020. The molecule has 0 aliphatic carbocycles. The fraction of sp³-hybridized carbons (Fsp3) is 0.440.